The van der Waals surface area contributed by atoms with Gasteiger partial charge in [-0.25, -0.2) is 12.7 Å². The van der Waals surface area contributed by atoms with Gasteiger partial charge >= 0.3 is 0 Å². The van der Waals surface area contributed by atoms with Gasteiger partial charge in [-0.3, -0.25) is 0 Å². The first-order valence-corrected chi connectivity index (χ1v) is 6.51. The summed E-state index contributed by atoms with van der Waals surface area (Å²) < 4.78 is 24.6. The molecule has 0 aromatic carbocycles. The number of nitrogens with zero attached hydrogens (tertiary/aromatic N) is 1. The van der Waals surface area contributed by atoms with Crippen LogP contribution in [0.25, 0.3) is 0 Å². The minimum Gasteiger partial charge on any atom is -0.212 e. The van der Waals surface area contributed by atoms with E-state index < -0.39 is 15.3 Å². The van der Waals surface area contributed by atoms with Crippen LogP contribution in [0.2, 0.25) is 0 Å². The van der Waals surface area contributed by atoms with Crippen LogP contribution in [0.5, 0.6) is 0 Å². The van der Waals surface area contributed by atoms with Crippen LogP contribution in [-0.4, -0.2) is 37.4 Å². The van der Waals surface area contributed by atoms with Gasteiger partial charge in [0.1, 0.15) is 0 Å². The molecule has 0 amide bonds. The van der Waals surface area contributed by atoms with E-state index in [1.54, 1.807) is 14.0 Å². The van der Waals surface area contributed by atoms with E-state index >= 15 is 0 Å². The van der Waals surface area contributed by atoms with Crippen LogP contribution >= 0.6 is 11.6 Å². The Kier molecular flexibility index (Phi) is 5.92. The molecule has 0 aliphatic carbocycles. The maximum atomic E-state index is 11.6. The standard InChI is InChI=1S/C8H18ClNO2S/c1-4-5-6-10(3)13(11,12)8(2)7-9/h8H,4-7H2,1-3H3. The molecule has 1 atom stereocenters. The van der Waals surface area contributed by atoms with Gasteiger partial charge in [-0.15, -0.1) is 11.6 Å². The molecule has 13 heavy (non-hydrogen) atoms. The lowest BCUT2D eigenvalue weighted by Crippen LogP contribution is -2.36. The fraction of sp³-hybridized carbons (Fsp3) is 1.00. The van der Waals surface area contributed by atoms with E-state index in [0.717, 1.165) is 12.8 Å². The Morgan fingerprint density at radius 1 is 1.46 bits per heavy atom. The first-order chi connectivity index (χ1) is 5.96. The van der Waals surface area contributed by atoms with Gasteiger partial charge in [0.15, 0.2) is 0 Å². The summed E-state index contributed by atoms with van der Waals surface area (Å²) in [7, 11) is -1.55. The Bertz CT molecular complexity index is 228. The zero-order valence-corrected chi connectivity index (χ0v) is 10.0. The Balaban J connectivity index is 4.28. The first-order valence-electron chi connectivity index (χ1n) is 4.48. The first kappa shape index (κ1) is 13.2. The minimum atomic E-state index is -3.16. The number of halogens is 1. The van der Waals surface area contributed by atoms with E-state index in [4.69, 9.17) is 11.6 Å². The van der Waals surface area contributed by atoms with Crippen molar-refractivity contribution in [3.05, 3.63) is 0 Å². The highest BCUT2D eigenvalue weighted by Gasteiger charge is 2.24. The average molecular weight is 228 g/mol. The highest BCUT2D eigenvalue weighted by molar-refractivity contribution is 7.89. The number of alkyl halides is 1. The molecule has 0 saturated heterocycles. The average Bonchev–Trinajstić information content (AvgIpc) is 2.12. The van der Waals surface area contributed by atoms with Gasteiger partial charge in [0.2, 0.25) is 10.0 Å². The van der Waals surface area contributed by atoms with Gasteiger partial charge in [-0.1, -0.05) is 13.3 Å². The maximum absolute atomic E-state index is 11.6. The van der Waals surface area contributed by atoms with Crippen LogP contribution in [-0.2, 0) is 10.0 Å². The number of rotatable bonds is 6. The second-order valence-corrected chi connectivity index (χ2v) is 5.95. The molecule has 0 rings (SSSR count). The summed E-state index contributed by atoms with van der Waals surface area (Å²) in [6.07, 6.45) is 1.89. The molecule has 0 aromatic rings. The summed E-state index contributed by atoms with van der Waals surface area (Å²) in [4.78, 5) is 0. The molecule has 0 saturated carbocycles. The van der Waals surface area contributed by atoms with Crippen molar-refractivity contribution in [3.8, 4) is 0 Å². The normalized spacial score (nSPS) is 14.8. The van der Waals surface area contributed by atoms with Crippen molar-refractivity contribution >= 4 is 21.6 Å². The van der Waals surface area contributed by atoms with Crippen molar-refractivity contribution in [1.29, 1.82) is 0 Å². The molecule has 80 valence electrons. The molecule has 3 nitrogen and oxygen atoms in total. The van der Waals surface area contributed by atoms with E-state index in [1.807, 2.05) is 6.92 Å². The molecule has 0 bridgehead atoms. The summed E-state index contributed by atoms with van der Waals surface area (Å²) in [5.41, 5.74) is 0. The van der Waals surface area contributed by atoms with Gasteiger partial charge in [-0.05, 0) is 13.3 Å². The molecule has 0 aliphatic heterocycles. The van der Waals surface area contributed by atoms with Gasteiger partial charge in [0.05, 0.1) is 5.25 Å². The van der Waals surface area contributed by atoms with Crippen LogP contribution in [0, 0.1) is 0 Å². The van der Waals surface area contributed by atoms with Crippen molar-refractivity contribution in [2.75, 3.05) is 19.5 Å². The topological polar surface area (TPSA) is 37.4 Å². The molecule has 0 spiro atoms. The van der Waals surface area contributed by atoms with Gasteiger partial charge < -0.3 is 0 Å². The third kappa shape index (κ3) is 3.83. The Hall–Kier alpha value is 0.200. The SMILES string of the molecule is CCCCN(C)S(=O)(=O)C(C)CCl. The summed E-state index contributed by atoms with van der Waals surface area (Å²) in [6, 6.07) is 0. The third-order valence-electron chi connectivity index (χ3n) is 1.99. The molecule has 0 fully saturated rings. The molecule has 0 N–H and O–H groups in total. The smallest absolute Gasteiger partial charge is 0.212 e. The Labute approximate surface area is 86.1 Å². The second kappa shape index (κ2) is 5.83. The molecule has 0 aliphatic rings. The van der Waals surface area contributed by atoms with Crippen LogP contribution in [0.4, 0.5) is 0 Å². The zero-order chi connectivity index (χ0) is 10.5. The minimum absolute atomic E-state index is 0.152. The summed E-state index contributed by atoms with van der Waals surface area (Å²) in [6.45, 7) is 4.25. The molecular formula is C8H18ClNO2S. The third-order valence-corrected chi connectivity index (χ3v) is 4.87. The van der Waals surface area contributed by atoms with Crippen molar-refractivity contribution in [1.82, 2.24) is 4.31 Å². The van der Waals surface area contributed by atoms with Gasteiger partial charge in [-0.2, -0.15) is 0 Å². The lowest BCUT2D eigenvalue weighted by molar-refractivity contribution is 0.453. The predicted octanol–water partition coefficient (Wildman–Crippen LogP) is 1.68. The summed E-state index contributed by atoms with van der Waals surface area (Å²) in [5.74, 6) is 0.152. The van der Waals surface area contributed by atoms with Crippen molar-refractivity contribution in [2.45, 2.75) is 31.9 Å². The molecule has 0 radical (unpaired) electrons. The van der Waals surface area contributed by atoms with Crippen molar-refractivity contribution in [3.63, 3.8) is 0 Å². The van der Waals surface area contributed by atoms with Crippen molar-refractivity contribution in [2.24, 2.45) is 0 Å². The number of unbranched alkanes of at least 4 members (excludes halogenated alkanes) is 1. The molecule has 5 heteroatoms. The molecule has 0 aromatic heterocycles. The van der Waals surface area contributed by atoms with Crippen LogP contribution in [0.1, 0.15) is 26.7 Å². The van der Waals surface area contributed by atoms with E-state index in [1.165, 1.54) is 4.31 Å². The molecule has 0 heterocycles. The number of hydrogen-bond donors (Lipinski definition) is 0. The lowest BCUT2D eigenvalue weighted by Gasteiger charge is -2.20. The quantitative estimate of drug-likeness (QED) is 0.648. The van der Waals surface area contributed by atoms with Gasteiger partial charge in [0, 0.05) is 19.5 Å². The fourth-order valence-corrected chi connectivity index (χ4v) is 2.53. The Morgan fingerprint density at radius 3 is 2.38 bits per heavy atom. The van der Waals surface area contributed by atoms with Gasteiger partial charge in [0.25, 0.3) is 0 Å². The van der Waals surface area contributed by atoms with E-state index in [-0.39, 0.29) is 5.88 Å². The molecule has 1 unspecified atom stereocenters. The fourth-order valence-electron chi connectivity index (χ4n) is 0.895. The molecular weight excluding hydrogens is 210 g/mol. The van der Waals surface area contributed by atoms with Crippen LogP contribution in [0.3, 0.4) is 0 Å². The van der Waals surface area contributed by atoms with E-state index in [2.05, 4.69) is 0 Å². The van der Waals surface area contributed by atoms with Crippen molar-refractivity contribution < 1.29 is 8.42 Å². The van der Waals surface area contributed by atoms with Crippen LogP contribution in [0.15, 0.2) is 0 Å². The maximum Gasteiger partial charge on any atom is 0.217 e. The summed E-state index contributed by atoms with van der Waals surface area (Å²) >= 11 is 5.51. The second-order valence-electron chi connectivity index (χ2n) is 3.18. The van der Waals surface area contributed by atoms with E-state index in [0.29, 0.717) is 6.54 Å². The van der Waals surface area contributed by atoms with Crippen LogP contribution < -0.4 is 0 Å². The number of hydrogen-bond acceptors (Lipinski definition) is 2. The monoisotopic (exact) mass is 227 g/mol. The largest absolute Gasteiger partial charge is 0.217 e. The Morgan fingerprint density at radius 2 is 2.00 bits per heavy atom. The lowest BCUT2D eigenvalue weighted by atomic mass is 10.3. The zero-order valence-electron chi connectivity index (χ0n) is 8.46. The highest BCUT2D eigenvalue weighted by atomic mass is 35.5. The summed E-state index contributed by atoms with van der Waals surface area (Å²) in [5, 5.41) is -0.490. The highest BCUT2D eigenvalue weighted by Crippen LogP contribution is 2.09. The predicted molar refractivity (Wildman–Crippen MR) is 56.6 cm³/mol. The number of sulfonamides is 1. The van der Waals surface area contributed by atoms with E-state index in [9.17, 15) is 8.42 Å².